The minimum atomic E-state index is -4.09. The fraction of sp³-hybridized carbons (Fsp3) is 0.344. The maximum atomic E-state index is 15.0. The van der Waals surface area contributed by atoms with Crippen molar-refractivity contribution in [1.82, 2.24) is 25.1 Å². The van der Waals surface area contributed by atoms with Crippen LogP contribution in [0.15, 0.2) is 42.6 Å². The molecule has 2 heterocycles. The number of nitrogens with zero attached hydrogens (tertiary/aromatic N) is 4. The number of primary amides is 1. The number of benzene rings is 2. The van der Waals surface area contributed by atoms with Gasteiger partial charge in [0.15, 0.2) is 0 Å². The third-order valence-electron chi connectivity index (χ3n) is 7.92. The quantitative estimate of drug-likeness (QED) is 0.115. The van der Waals surface area contributed by atoms with Crippen molar-refractivity contribution in [3.63, 3.8) is 0 Å². The van der Waals surface area contributed by atoms with Crippen LogP contribution in [0.3, 0.4) is 0 Å². The maximum absolute atomic E-state index is 15.0. The Morgan fingerprint density at radius 2 is 1.69 bits per heavy atom. The highest BCUT2D eigenvalue weighted by atomic mass is 19.3. The minimum Gasteiger partial charge on any atom is -0.383 e. The van der Waals surface area contributed by atoms with Crippen molar-refractivity contribution in [2.75, 3.05) is 25.6 Å². The molecule has 0 aliphatic heterocycles. The van der Waals surface area contributed by atoms with E-state index in [1.54, 1.807) is 0 Å². The number of nitrogens with one attached hydrogen (secondary N) is 2. The largest absolute Gasteiger partial charge is 0.383 e. The molecule has 0 unspecified atom stereocenters. The van der Waals surface area contributed by atoms with E-state index in [0.717, 1.165) is 24.3 Å². The predicted molar refractivity (Wildman–Crippen MR) is 161 cm³/mol. The molecule has 1 atom stereocenters. The van der Waals surface area contributed by atoms with Gasteiger partial charge < -0.3 is 21.1 Å². The van der Waals surface area contributed by atoms with E-state index in [2.05, 4.69) is 25.7 Å². The monoisotopic (exact) mass is 729 g/mol. The second-order valence-electron chi connectivity index (χ2n) is 11.5. The number of halogens is 9. The van der Waals surface area contributed by atoms with E-state index >= 15 is 8.78 Å². The van der Waals surface area contributed by atoms with Gasteiger partial charge in [0.2, 0.25) is 11.9 Å². The summed E-state index contributed by atoms with van der Waals surface area (Å²) in [6.07, 6.45) is -5.78. The van der Waals surface area contributed by atoms with Crippen LogP contribution < -0.4 is 16.4 Å². The van der Waals surface area contributed by atoms with Crippen LogP contribution in [0.5, 0.6) is 0 Å². The molecule has 2 amide bonds. The average molecular weight is 730 g/mol. The van der Waals surface area contributed by atoms with Gasteiger partial charge in [-0.15, -0.1) is 0 Å². The summed E-state index contributed by atoms with van der Waals surface area (Å²) < 4.78 is 135. The van der Waals surface area contributed by atoms with Crippen LogP contribution in [0.1, 0.15) is 63.9 Å². The number of ether oxygens (including phenoxy) is 1. The first-order valence-electron chi connectivity index (χ1n) is 15.1. The second kappa shape index (κ2) is 14.6. The molecule has 0 radical (unpaired) electrons. The standard InChI is InChI=1S/C32H28F9N7O3/c1-51-7-6-43-30-44-13-20(16-2-3-21(35)19(11-16)29(42)50)25(46-30)22(10-15-8-17(33)12-18(34)9-15)45-23(49)14-48-27-24(26(47-48)28(36)37)31(38,39)4-5-32(27,40)41/h2-3,8-9,11-13,22,28H,4-7,10,14H2,1H3,(H2,42,50)(H,45,49)(H,43,44,46)/t22-/m0/s1. The Morgan fingerprint density at radius 1 is 1.00 bits per heavy atom. The normalized spacial score (nSPS) is 15.4. The molecule has 0 fully saturated rings. The molecular formula is C32H28F9N7O3. The van der Waals surface area contributed by atoms with Gasteiger partial charge in [0.05, 0.1) is 29.5 Å². The van der Waals surface area contributed by atoms with Crippen molar-refractivity contribution < 1.29 is 53.8 Å². The molecule has 0 saturated heterocycles. The zero-order valence-corrected chi connectivity index (χ0v) is 26.4. The van der Waals surface area contributed by atoms with Gasteiger partial charge in [-0.1, -0.05) is 6.07 Å². The number of rotatable bonds is 13. The lowest BCUT2D eigenvalue weighted by Gasteiger charge is -2.29. The van der Waals surface area contributed by atoms with Gasteiger partial charge >= 0.3 is 0 Å². The summed E-state index contributed by atoms with van der Waals surface area (Å²) in [6, 6.07) is 4.15. The van der Waals surface area contributed by atoms with Crippen molar-refractivity contribution in [2.24, 2.45) is 5.73 Å². The Balaban J connectivity index is 1.62. The van der Waals surface area contributed by atoms with Crippen LogP contribution in [0.25, 0.3) is 11.1 Å². The van der Waals surface area contributed by atoms with Crippen LogP contribution >= 0.6 is 0 Å². The number of hydrogen-bond acceptors (Lipinski definition) is 7. The molecular weight excluding hydrogens is 701 g/mol. The Bertz CT molecular complexity index is 1940. The number of amides is 2. The summed E-state index contributed by atoms with van der Waals surface area (Å²) in [5, 5.41) is 8.57. The van der Waals surface area contributed by atoms with Crippen LogP contribution in [0.4, 0.5) is 45.5 Å². The van der Waals surface area contributed by atoms with Crippen molar-refractivity contribution >= 4 is 17.8 Å². The van der Waals surface area contributed by atoms with Crippen molar-refractivity contribution in [2.45, 2.75) is 50.1 Å². The van der Waals surface area contributed by atoms with Gasteiger partial charge in [-0.3, -0.25) is 14.3 Å². The molecule has 4 N–H and O–H groups in total. The summed E-state index contributed by atoms with van der Waals surface area (Å²) >= 11 is 0. The third kappa shape index (κ3) is 8.08. The van der Waals surface area contributed by atoms with E-state index in [4.69, 9.17) is 10.5 Å². The Kier molecular flexibility index (Phi) is 10.6. The van der Waals surface area contributed by atoms with Crippen LogP contribution in [0, 0.1) is 17.5 Å². The number of fused-ring (bicyclic) bond motifs is 1. The predicted octanol–water partition coefficient (Wildman–Crippen LogP) is 5.93. The first-order valence-corrected chi connectivity index (χ1v) is 15.1. The molecule has 0 spiro atoms. The fourth-order valence-corrected chi connectivity index (χ4v) is 5.71. The highest BCUT2D eigenvalue weighted by Gasteiger charge is 2.55. The molecule has 5 rings (SSSR count). The molecule has 2 aromatic carbocycles. The van der Waals surface area contributed by atoms with Gasteiger partial charge in [0, 0.05) is 44.3 Å². The number of anilines is 1. The minimum absolute atomic E-state index is 0.0274. The van der Waals surface area contributed by atoms with E-state index in [0.29, 0.717) is 6.07 Å². The molecule has 272 valence electrons. The number of hydrogen-bond donors (Lipinski definition) is 3. The van der Waals surface area contributed by atoms with Gasteiger partial charge in [-0.25, -0.2) is 40.7 Å². The van der Waals surface area contributed by atoms with Crippen LogP contribution in [-0.4, -0.2) is 51.8 Å². The zero-order valence-electron chi connectivity index (χ0n) is 26.4. The lowest BCUT2D eigenvalue weighted by atomic mass is 9.89. The lowest BCUT2D eigenvalue weighted by Crippen LogP contribution is -2.37. The number of nitrogens with two attached hydrogens (primary N) is 1. The lowest BCUT2D eigenvalue weighted by molar-refractivity contribution is -0.123. The van der Waals surface area contributed by atoms with Crippen molar-refractivity contribution in [1.29, 1.82) is 0 Å². The summed E-state index contributed by atoms with van der Waals surface area (Å²) in [4.78, 5) is 34.1. The molecule has 4 aromatic rings. The molecule has 2 aromatic heterocycles. The van der Waals surface area contributed by atoms with Gasteiger partial charge in [-0.05, 0) is 41.8 Å². The van der Waals surface area contributed by atoms with Crippen LogP contribution in [-0.2, 0) is 34.3 Å². The van der Waals surface area contributed by atoms with Crippen molar-refractivity contribution in [3.05, 3.63) is 93.8 Å². The summed E-state index contributed by atoms with van der Waals surface area (Å²) in [5.41, 5.74) is -0.133. The molecule has 1 aliphatic rings. The highest BCUT2D eigenvalue weighted by Crippen LogP contribution is 2.52. The number of carbonyl (C=O) groups is 2. The van der Waals surface area contributed by atoms with E-state index in [1.165, 1.54) is 19.4 Å². The first kappa shape index (κ1) is 37.1. The van der Waals surface area contributed by atoms with Gasteiger partial charge in [0.25, 0.3) is 24.2 Å². The molecule has 1 aliphatic carbocycles. The maximum Gasteiger partial charge on any atom is 0.290 e. The first-order chi connectivity index (χ1) is 24.0. The number of alkyl halides is 6. The number of carbonyl (C=O) groups excluding carboxylic acids is 2. The zero-order chi connectivity index (χ0) is 37.2. The van der Waals surface area contributed by atoms with Gasteiger partial charge in [-0.2, -0.15) is 13.9 Å². The summed E-state index contributed by atoms with van der Waals surface area (Å²) in [6.45, 7) is -0.919. The molecule has 0 saturated carbocycles. The summed E-state index contributed by atoms with van der Waals surface area (Å²) in [5.74, 6) is -13.6. The van der Waals surface area contributed by atoms with Gasteiger partial charge in [0.1, 0.15) is 35.4 Å². The fourth-order valence-electron chi connectivity index (χ4n) is 5.71. The molecule has 10 nitrogen and oxygen atoms in total. The third-order valence-corrected chi connectivity index (χ3v) is 7.92. The average Bonchev–Trinajstić information content (AvgIpc) is 3.45. The topological polar surface area (TPSA) is 137 Å². The number of aromatic nitrogens is 4. The van der Waals surface area contributed by atoms with E-state index in [1.807, 2.05) is 0 Å². The number of methoxy groups -OCH3 is 1. The SMILES string of the molecule is COCCNc1ncc(-c2ccc(F)c(C(N)=O)c2)c([C@H](Cc2cc(F)cc(F)c2)NC(=O)Cn2nc(C(F)F)c3c2C(F)(F)CCC3(F)F)n1. The van der Waals surface area contributed by atoms with E-state index < -0.39 is 102 Å². The Labute approximate surface area is 283 Å². The van der Waals surface area contributed by atoms with E-state index in [-0.39, 0.29) is 46.2 Å². The van der Waals surface area contributed by atoms with E-state index in [9.17, 15) is 40.3 Å². The molecule has 51 heavy (non-hydrogen) atoms. The molecule has 19 heteroatoms. The molecule has 0 bridgehead atoms. The Morgan fingerprint density at radius 3 is 2.33 bits per heavy atom. The second-order valence-corrected chi connectivity index (χ2v) is 11.5. The Hall–Kier alpha value is -5.20. The van der Waals surface area contributed by atoms with Crippen LogP contribution in [0.2, 0.25) is 0 Å². The highest BCUT2D eigenvalue weighted by molar-refractivity contribution is 5.94. The smallest absolute Gasteiger partial charge is 0.290 e. The summed E-state index contributed by atoms with van der Waals surface area (Å²) in [7, 11) is 1.42. The van der Waals surface area contributed by atoms with Crippen molar-refractivity contribution in [3.8, 4) is 11.1 Å².